The van der Waals surface area contributed by atoms with Crippen LogP contribution in [-0.2, 0) is 17.8 Å². The van der Waals surface area contributed by atoms with Crippen molar-refractivity contribution in [1.29, 1.82) is 0 Å². The van der Waals surface area contributed by atoms with Crippen molar-refractivity contribution in [3.8, 4) is 11.5 Å². The Morgan fingerprint density at radius 1 is 1.21 bits per heavy atom. The van der Waals surface area contributed by atoms with Crippen LogP contribution >= 0.6 is 0 Å². The van der Waals surface area contributed by atoms with Gasteiger partial charge in [0.15, 0.2) is 11.5 Å². The van der Waals surface area contributed by atoms with Crippen LogP contribution in [0.5, 0.6) is 11.5 Å². The number of amides is 1. The molecule has 3 atom stereocenters. The molecule has 0 aromatic heterocycles. The Morgan fingerprint density at radius 3 is 2.55 bits per heavy atom. The Kier molecular flexibility index (Phi) is 6.80. The second kappa shape index (κ2) is 9.31. The molecule has 0 saturated carbocycles. The highest BCUT2D eigenvalue weighted by atomic mass is 16.5. The standard InChI is InChI=1S/C24H32N2O3/c1-6-23(27)25-17(3)24-20-14-22(29-5)21(28-4)13-18(20)11-12-26(24)15-19-10-8-7-9-16(19)2/h7-10,13-14,17,24H,6,11-12,15H2,1-5H3,(H,25,27)/p+1/t17-,24+/m1/s1. The van der Waals surface area contributed by atoms with E-state index in [4.69, 9.17) is 9.47 Å². The minimum Gasteiger partial charge on any atom is -0.493 e. The maximum atomic E-state index is 12.2. The van der Waals surface area contributed by atoms with E-state index in [1.807, 2.05) is 6.92 Å². The van der Waals surface area contributed by atoms with Crippen molar-refractivity contribution in [2.45, 2.75) is 52.2 Å². The van der Waals surface area contributed by atoms with Gasteiger partial charge in [-0.2, -0.15) is 0 Å². The Labute approximate surface area is 174 Å². The molecule has 2 aromatic carbocycles. The number of ether oxygens (including phenoxy) is 2. The Morgan fingerprint density at radius 2 is 1.90 bits per heavy atom. The molecule has 0 bridgehead atoms. The van der Waals surface area contributed by atoms with Crippen molar-refractivity contribution in [3.63, 3.8) is 0 Å². The van der Waals surface area contributed by atoms with E-state index >= 15 is 0 Å². The highest BCUT2D eigenvalue weighted by Gasteiger charge is 2.37. The molecule has 2 N–H and O–H groups in total. The van der Waals surface area contributed by atoms with E-state index in [-0.39, 0.29) is 18.0 Å². The quantitative estimate of drug-likeness (QED) is 0.755. The number of carbonyl (C=O) groups excluding carboxylic acids is 1. The number of aryl methyl sites for hydroxylation is 1. The first-order chi connectivity index (χ1) is 14.0. The summed E-state index contributed by atoms with van der Waals surface area (Å²) in [7, 11) is 3.34. The minimum atomic E-state index is 0.0126. The maximum Gasteiger partial charge on any atom is 0.220 e. The summed E-state index contributed by atoms with van der Waals surface area (Å²) >= 11 is 0. The predicted molar refractivity (Wildman–Crippen MR) is 115 cm³/mol. The van der Waals surface area contributed by atoms with Crippen LogP contribution < -0.4 is 19.7 Å². The molecule has 1 aliphatic rings. The minimum absolute atomic E-state index is 0.0126. The van der Waals surface area contributed by atoms with Crippen LogP contribution in [-0.4, -0.2) is 32.7 Å². The molecule has 2 aromatic rings. The summed E-state index contributed by atoms with van der Waals surface area (Å²) in [6.45, 7) is 8.10. The molecule has 5 nitrogen and oxygen atoms in total. The van der Waals surface area contributed by atoms with Gasteiger partial charge < -0.3 is 19.7 Å². The molecule has 5 heteroatoms. The molecular weight excluding hydrogens is 364 g/mol. The summed E-state index contributed by atoms with van der Waals surface area (Å²) in [6.07, 6.45) is 1.46. The first kappa shape index (κ1) is 21.2. The van der Waals surface area contributed by atoms with Crippen LogP contribution in [0.3, 0.4) is 0 Å². The van der Waals surface area contributed by atoms with E-state index in [0.29, 0.717) is 6.42 Å². The fourth-order valence-corrected chi connectivity index (χ4v) is 4.43. The number of carbonyl (C=O) groups is 1. The fraction of sp³-hybridized carbons (Fsp3) is 0.458. The van der Waals surface area contributed by atoms with Crippen molar-refractivity contribution >= 4 is 5.91 Å². The molecule has 1 unspecified atom stereocenters. The zero-order valence-corrected chi connectivity index (χ0v) is 18.2. The van der Waals surface area contributed by atoms with E-state index in [2.05, 4.69) is 55.6 Å². The third-order valence-corrected chi connectivity index (χ3v) is 6.02. The number of nitrogens with one attached hydrogen (secondary N) is 2. The van der Waals surface area contributed by atoms with E-state index < -0.39 is 0 Å². The van der Waals surface area contributed by atoms with E-state index in [0.717, 1.165) is 31.0 Å². The van der Waals surface area contributed by atoms with Crippen LogP contribution in [0, 0.1) is 6.92 Å². The Bertz CT molecular complexity index is 865. The number of hydrogen-bond acceptors (Lipinski definition) is 3. The lowest BCUT2D eigenvalue weighted by Gasteiger charge is -2.38. The molecule has 0 fully saturated rings. The van der Waals surface area contributed by atoms with Gasteiger partial charge in [0.2, 0.25) is 5.91 Å². The van der Waals surface area contributed by atoms with E-state index in [9.17, 15) is 4.79 Å². The smallest absolute Gasteiger partial charge is 0.220 e. The second-order valence-corrected chi connectivity index (χ2v) is 7.85. The van der Waals surface area contributed by atoms with Crippen LogP contribution in [0.2, 0.25) is 0 Å². The van der Waals surface area contributed by atoms with Crippen molar-refractivity contribution < 1.29 is 19.2 Å². The zero-order chi connectivity index (χ0) is 21.0. The van der Waals surface area contributed by atoms with Gasteiger partial charge >= 0.3 is 0 Å². The third kappa shape index (κ3) is 4.56. The summed E-state index contributed by atoms with van der Waals surface area (Å²) in [5.74, 6) is 1.58. The van der Waals surface area contributed by atoms with Crippen molar-refractivity contribution in [2.24, 2.45) is 0 Å². The van der Waals surface area contributed by atoms with Crippen molar-refractivity contribution in [2.75, 3.05) is 20.8 Å². The van der Waals surface area contributed by atoms with Crippen LogP contribution in [0.1, 0.15) is 48.6 Å². The van der Waals surface area contributed by atoms with Gasteiger partial charge in [0.25, 0.3) is 0 Å². The van der Waals surface area contributed by atoms with Crippen LogP contribution in [0.4, 0.5) is 0 Å². The van der Waals surface area contributed by atoms with E-state index in [1.165, 1.54) is 27.2 Å². The predicted octanol–water partition coefficient (Wildman–Crippen LogP) is 2.61. The third-order valence-electron chi connectivity index (χ3n) is 6.02. The number of hydrogen-bond donors (Lipinski definition) is 2. The van der Waals surface area contributed by atoms with Gasteiger partial charge in [0.1, 0.15) is 12.6 Å². The Hall–Kier alpha value is -2.53. The molecule has 29 heavy (non-hydrogen) atoms. The highest BCUT2D eigenvalue weighted by Crippen LogP contribution is 2.35. The number of fused-ring (bicyclic) bond motifs is 1. The second-order valence-electron chi connectivity index (χ2n) is 7.85. The molecule has 156 valence electrons. The normalized spacial score (nSPS) is 19.2. The molecule has 3 rings (SSSR count). The molecule has 1 aliphatic heterocycles. The largest absolute Gasteiger partial charge is 0.493 e. The highest BCUT2D eigenvalue weighted by molar-refractivity contribution is 5.75. The van der Waals surface area contributed by atoms with E-state index in [1.54, 1.807) is 14.2 Å². The lowest BCUT2D eigenvalue weighted by atomic mass is 9.87. The van der Waals surface area contributed by atoms with Gasteiger partial charge in [-0.15, -0.1) is 0 Å². The van der Waals surface area contributed by atoms with Crippen LogP contribution in [0.15, 0.2) is 36.4 Å². The van der Waals surface area contributed by atoms with Crippen LogP contribution in [0.25, 0.3) is 0 Å². The lowest BCUT2D eigenvalue weighted by Crippen LogP contribution is -3.13. The molecule has 0 spiro atoms. The maximum absolute atomic E-state index is 12.2. The first-order valence-electron chi connectivity index (χ1n) is 10.4. The number of benzene rings is 2. The van der Waals surface area contributed by atoms with Gasteiger partial charge in [-0.05, 0) is 37.1 Å². The molecule has 0 radical (unpaired) electrons. The fourth-order valence-electron chi connectivity index (χ4n) is 4.43. The summed E-state index contributed by atoms with van der Waals surface area (Å²) in [5.41, 5.74) is 5.17. The van der Waals surface area contributed by atoms with Crippen molar-refractivity contribution in [1.82, 2.24) is 5.32 Å². The Balaban J connectivity index is 2.01. The summed E-state index contributed by atoms with van der Waals surface area (Å²) in [5, 5.41) is 3.20. The molecule has 0 aliphatic carbocycles. The number of quaternary nitrogens is 1. The van der Waals surface area contributed by atoms with Gasteiger partial charge in [-0.1, -0.05) is 31.2 Å². The summed E-state index contributed by atoms with van der Waals surface area (Å²) in [4.78, 5) is 13.6. The lowest BCUT2D eigenvalue weighted by molar-refractivity contribution is -0.948. The van der Waals surface area contributed by atoms with Gasteiger partial charge in [-0.25, -0.2) is 0 Å². The SMILES string of the molecule is CCC(=O)N[C@H](C)[C@H]1c2cc(OC)c(OC)cc2CC[NH+]1Cc1ccccc1C. The van der Waals surface area contributed by atoms with Gasteiger partial charge in [0.05, 0.1) is 26.8 Å². The summed E-state index contributed by atoms with van der Waals surface area (Å²) < 4.78 is 11.1. The summed E-state index contributed by atoms with van der Waals surface area (Å²) in [6, 6.07) is 12.9. The average molecular weight is 398 g/mol. The topological polar surface area (TPSA) is 52.0 Å². The average Bonchev–Trinajstić information content (AvgIpc) is 2.73. The molecular formula is C24H33N2O3+. The van der Waals surface area contributed by atoms with Gasteiger partial charge in [-0.3, -0.25) is 4.79 Å². The monoisotopic (exact) mass is 397 g/mol. The molecule has 1 heterocycles. The first-order valence-corrected chi connectivity index (χ1v) is 10.4. The number of rotatable bonds is 7. The van der Waals surface area contributed by atoms with Gasteiger partial charge in [0, 0.05) is 24.0 Å². The zero-order valence-electron chi connectivity index (χ0n) is 18.2. The van der Waals surface area contributed by atoms with Crippen molar-refractivity contribution in [3.05, 3.63) is 58.7 Å². The molecule has 1 amide bonds. The molecule has 0 saturated heterocycles. The number of methoxy groups -OCH3 is 2.